The van der Waals surface area contributed by atoms with E-state index in [9.17, 15) is 4.79 Å². The number of carbonyl (C=O) groups is 1. The second-order valence-corrected chi connectivity index (χ2v) is 4.44. The summed E-state index contributed by atoms with van der Waals surface area (Å²) in [6, 6.07) is 1.65. The van der Waals surface area contributed by atoms with Crippen LogP contribution in [0, 0.1) is 0 Å². The molecule has 1 amide bonds. The molecule has 0 aliphatic carbocycles. The van der Waals surface area contributed by atoms with Crippen LogP contribution >= 0.6 is 0 Å². The van der Waals surface area contributed by atoms with Crippen LogP contribution in [0.15, 0.2) is 12.3 Å². The van der Waals surface area contributed by atoms with Gasteiger partial charge < -0.3 is 21.1 Å². The average Bonchev–Trinajstić information content (AvgIpc) is 2.39. The molecule has 1 aromatic heterocycles. The van der Waals surface area contributed by atoms with Crippen molar-refractivity contribution in [1.29, 1.82) is 0 Å². The van der Waals surface area contributed by atoms with E-state index >= 15 is 0 Å². The van der Waals surface area contributed by atoms with Gasteiger partial charge >= 0.3 is 0 Å². The van der Waals surface area contributed by atoms with E-state index < -0.39 is 5.91 Å². The molecule has 1 unspecified atom stereocenters. The number of piperidine rings is 1. The summed E-state index contributed by atoms with van der Waals surface area (Å²) >= 11 is 0. The van der Waals surface area contributed by atoms with E-state index in [0.717, 1.165) is 31.7 Å². The number of amides is 1. The Labute approximate surface area is 106 Å². The van der Waals surface area contributed by atoms with Gasteiger partial charge in [-0.25, -0.2) is 4.98 Å². The number of primary amides is 1. The highest BCUT2D eigenvalue weighted by Crippen LogP contribution is 2.22. The second-order valence-electron chi connectivity index (χ2n) is 4.44. The molecule has 98 valence electrons. The van der Waals surface area contributed by atoms with E-state index in [1.165, 1.54) is 6.20 Å². The normalized spacial score (nSPS) is 19.8. The molecular formula is C12H18N4O2. The molecule has 1 fully saturated rings. The van der Waals surface area contributed by atoms with Crippen LogP contribution in [0.4, 0.5) is 11.5 Å². The first-order chi connectivity index (χ1) is 8.61. The highest BCUT2D eigenvalue weighted by molar-refractivity contribution is 5.98. The number of nitrogen functional groups attached to an aromatic ring is 1. The number of pyridine rings is 1. The fourth-order valence-electron chi connectivity index (χ4n) is 2.18. The van der Waals surface area contributed by atoms with Crippen LogP contribution in [0.1, 0.15) is 23.2 Å². The minimum Gasteiger partial charge on any atom is -0.397 e. The Hall–Kier alpha value is -1.82. The summed E-state index contributed by atoms with van der Waals surface area (Å²) in [7, 11) is 1.71. The first-order valence-electron chi connectivity index (χ1n) is 5.95. The maximum Gasteiger partial charge on any atom is 0.250 e. The lowest BCUT2D eigenvalue weighted by Crippen LogP contribution is -2.39. The van der Waals surface area contributed by atoms with Crippen LogP contribution in [-0.2, 0) is 4.74 Å². The van der Waals surface area contributed by atoms with Crippen molar-refractivity contribution in [3.05, 3.63) is 17.8 Å². The third-order valence-corrected chi connectivity index (χ3v) is 3.22. The number of hydrogen-bond acceptors (Lipinski definition) is 5. The van der Waals surface area contributed by atoms with Crippen molar-refractivity contribution >= 4 is 17.4 Å². The number of aromatic nitrogens is 1. The van der Waals surface area contributed by atoms with Gasteiger partial charge in [-0.1, -0.05) is 0 Å². The van der Waals surface area contributed by atoms with E-state index in [4.69, 9.17) is 16.2 Å². The SMILES string of the molecule is COC1CCCN(c2cc(C(N)=O)c(N)cn2)C1. The van der Waals surface area contributed by atoms with Gasteiger partial charge in [0.25, 0.3) is 5.91 Å². The predicted octanol–water partition coefficient (Wildman–Crippen LogP) is 0.378. The molecule has 2 heterocycles. The van der Waals surface area contributed by atoms with Crippen molar-refractivity contribution in [1.82, 2.24) is 4.98 Å². The maximum atomic E-state index is 11.2. The third-order valence-electron chi connectivity index (χ3n) is 3.22. The molecule has 0 saturated carbocycles. The molecule has 1 aliphatic heterocycles. The summed E-state index contributed by atoms with van der Waals surface area (Å²) in [6.07, 6.45) is 3.77. The van der Waals surface area contributed by atoms with Gasteiger partial charge in [0.1, 0.15) is 5.82 Å². The largest absolute Gasteiger partial charge is 0.397 e. The first kappa shape index (κ1) is 12.6. The van der Waals surface area contributed by atoms with Gasteiger partial charge in [-0.3, -0.25) is 4.79 Å². The van der Waals surface area contributed by atoms with Crippen LogP contribution in [0.2, 0.25) is 0 Å². The molecule has 1 aromatic rings. The second kappa shape index (κ2) is 5.22. The third kappa shape index (κ3) is 2.53. The fourth-order valence-corrected chi connectivity index (χ4v) is 2.18. The number of rotatable bonds is 3. The Morgan fingerprint density at radius 1 is 1.61 bits per heavy atom. The van der Waals surface area contributed by atoms with Gasteiger partial charge in [0.15, 0.2) is 0 Å². The van der Waals surface area contributed by atoms with Gasteiger partial charge in [0.2, 0.25) is 0 Å². The van der Waals surface area contributed by atoms with Crippen LogP contribution < -0.4 is 16.4 Å². The predicted molar refractivity (Wildman–Crippen MR) is 69.4 cm³/mol. The Balaban J connectivity index is 2.22. The van der Waals surface area contributed by atoms with Crippen molar-refractivity contribution in [2.24, 2.45) is 5.73 Å². The van der Waals surface area contributed by atoms with E-state index in [-0.39, 0.29) is 6.10 Å². The summed E-state index contributed by atoms with van der Waals surface area (Å²) in [5, 5.41) is 0. The zero-order valence-electron chi connectivity index (χ0n) is 10.4. The molecule has 0 spiro atoms. The fraction of sp³-hybridized carbons (Fsp3) is 0.500. The number of nitrogens with zero attached hydrogens (tertiary/aromatic N) is 2. The van der Waals surface area contributed by atoms with Gasteiger partial charge in [0, 0.05) is 20.2 Å². The topological polar surface area (TPSA) is 94.5 Å². The summed E-state index contributed by atoms with van der Waals surface area (Å²) < 4.78 is 5.36. The van der Waals surface area contributed by atoms with E-state index in [1.54, 1.807) is 13.2 Å². The molecule has 6 heteroatoms. The molecule has 6 nitrogen and oxygen atoms in total. The van der Waals surface area contributed by atoms with Gasteiger partial charge in [-0.2, -0.15) is 0 Å². The molecule has 1 aliphatic rings. The highest BCUT2D eigenvalue weighted by Gasteiger charge is 2.21. The Morgan fingerprint density at radius 3 is 3.06 bits per heavy atom. The Bertz CT molecular complexity index is 450. The molecular weight excluding hydrogens is 232 g/mol. The van der Waals surface area contributed by atoms with E-state index in [1.807, 2.05) is 0 Å². The number of methoxy groups -OCH3 is 1. The van der Waals surface area contributed by atoms with Crippen LogP contribution in [0.3, 0.4) is 0 Å². The minimum atomic E-state index is -0.531. The molecule has 2 rings (SSSR count). The smallest absolute Gasteiger partial charge is 0.250 e. The summed E-state index contributed by atoms with van der Waals surface area (Å²) in [5.41, 5.74) is 11.6. The van der Waals surface area contributed by atoms with Gasteiger partial charge in [-0.15, -0.1) is 0 Å². The summed E-state index contributed by atoms with van der Waals surface area (Å²) in [6.45, 7) is 1.67. The number of carbonyl (C=O) groups excluding carboxylic acids is 1. The number of ether oxygens (including phenoxy) is 1. The highest BCUT2D eigenvalue weighted by atomic mass is 16.5. The van der Waals surface area contributed by atoms with Crippen LogP contribution in [0.25, 0.3) is 0 Å². The lowest BCUT2D eigenvalue weighted by Gasteiger charge is -2.32. The van der Waals surface area contributed by atoms with Crippen molar-refractivity contribution in [3.8, 4) is 0 Å². The monoisotopic (exact) mass is 250 g/mol. The lowest BCUT2D eigenvalue weighted by molar-refractivity contribution is 0.0891. The molecule has 0 radical (unpaired) electrons. The van der Waals surface area contributed by atoms with Crippen LogP contribution in [0.5, 0.6) is 0 Å². The van der Waals surface area contributed by atoms with Gasteiger partial charge in [0.05, 0.1) is 23.6 Å². The zero-order chi connectivity index (χ0) is 13.1. The standard InChI is InChI=1S/C12H18N4O2/c1-18-8-3-2-4-16(7-8)11-5-9(12(14)17)10(13)6-15-11/h5-6,8H,2-4,7,13H2,1H3,(H2,14,17). The Morgan fingerprint density at radius 2 is 2.39 bits per heavy atom. The first-order valence-corrected chi connectivity index (χ1v) is 5.95. The number of anilines is 2. The zero-order valence-corrected chi connectivity index (χ0v) is 10.4. The van der Waals surface area contributed by atoms with Crippen molar-refractivity contribution in [3.63, 3.8) is 0 Å². The van der Waals surface area contributed by atoms with Gasteiger partial charge in [-0.05, 0) is 18.9 Å². The van der Waals surface area contributed by atoms with E-state index in [2.05, 4.69) is 9.88 Å². The lowest BCUT2D eigenvalue weighted by atomic mass is 10.1. The average molecular weight is 250 g/mol. The number of hydrogen-bond donors (Lipinski definition) is 2. The summed E-state index contributed by atoms with van der Waals surface area (Å²) in [5.74, 6) is 0.191. The summed E-state index contributed by atoms with van der Waals surface area (Å²) in [4.78, 5) is 17.6. The molecule has 1 saturated heterocycles. The van der Waals surface area contributed by atoms with Crippen molar-refractivity contribution < 1.29 is 9.53 Å². The van der Waals surface area contributed by atoms with E-state index in [0.29, 0.717) is 11.3 Å². The van der Waals surface area contributed by atoms with Crippen molar-refractivity contribution in [2.45, 2.75) is 18.9 Å². The molecule has 0 aromatic carbocycles. The minimum absolute atomic E-state index is 0.204. The van der Waals surface area contributed by atoms with Crippen molar-refractivity contribution in [2.75, 3.05) is 30.8 Å². The number of nitrogens with two attached hydrogens (primary N) is 2. The Kier molecular flexibility index (Phi) is 3.66. The molecule has 0 bridgehead atoms. The molecule has 1 atom stereocenters. The molecule has 4 N–H and O–H groups in total. The quantitative estimate of drug-likeness (QED) is 0.808. The molecule has 18 heavy (non-hydrogen) atoms. The maximum absolute atomic E-state index is 11.2. The van der Waals surface area contributed by atoms with Crippen LogP contribution in [-0.4, -0.2) is 37.2 Å².